The molecule has 0 N–H and O–H groups in total. The number of halogens is 1. The molecule has 1 atom stereocenters. The highest BCUT2D eigenvalue weighted by Gasteiger charge is 2.25. The Balaban J connectivity index is 2.85. The second-order valence-corrected chi connectivity index (χ2v) is 7.26. The Bertz CT molecular complexity index is 352. The van der Waals surface area contributed by atoms with Crippen molar-refractivity contribution in [1.82, 2.24) is 0 Å². The lowest BCUT2D eigenvalue weighted by Gasteiger charge is -2.25. The summed E-state index contributed by atoms with van der Waals surface area (Å²) in [4.78, 5) is 0. The monoisotopic (exact) mass is 350 g/mol. The highest BCUT2D eigenvalue weighted by molar-refractivity contribution is 9.10. The van der Waals surface area contributed by atoms with Gasteiger partial charge in [-0.1, -0.05) is 112 Å². The molecule has 21 heavy (non-hydrogen) atoms. The molecule has 1 rings (SSSR count). The molecule has 0 aliphatic rings. The fourth-order valence-electron chi connectivity index (χ4n) is 3.29. The molecule has 0 nitrogen and oxygen atoms in total. The lowest BCUT2D eigenvalue weighted by molar-refractivity contribution is 0.678. The minimum absolute atomic E-state index is 0.760. The van der Waals surface area contributed by atoms with Crippen LogP contribution in [0.2, 0.25) is 12.6 Å². The van der Waals surface area contributed by atoms with Crippen molar-refractivity contribution in [3.05, 3.63) is 34.3 Å². The van der Waals surface area contributed by atoms with Crippen molar-refractivity contribution in [1.29, 1.82) is 0 Å². The molecule has 0 fully saturated rings. The van der Waals surface area contributed by atoms with Gasteiger partial charge >= 0.3 is 0 Å². The third-order valence-electron chi connectivity index (χ3n) is 4.59. The number of benzene rings is 1. The predicted octanol–water partition coefficient (Wildman–Crippen LogP) is 7.36. The molecule has 0 saturated carbocycles. The van der Waals surface area contributed by atoms with Gasteiger partial charge in [0.05, 0.1) is 0 Å². The van der Waals surface area contributed by atoms with Gasteiger partial charge in [-0.2, -0.15) is 0 Å². The standard InChI is InChI=1S/C19H32BBr/c1-4-7-10-19(17-11-13-18(21)14-12-17)20(15-8-5-2)16-9-6-3/h11-14,19H,4-10,15-16H2,1-3H3. The van der Waals surface area contributed by atoms with Crippen LogP contribution in [0.4, 0.5) is 0 Å². The van der Waals surface area contributed by atoms with Gasteiger partial charge in [-0.25, -0.2) is 0 Å². The minimum atomic E-state index is 0.760. The molecule has 2 heteroatoms. The van der Waals surface area contributed by atoms with Gasteiger partial charge in [0, 0.05) is 4.47 Å². The molecule has 0 spiro atoms. The predicted molar refractivity (Wildman–Crippen MR) is 102 cm³/mol. The van der Waals surface area contributed by atoms with Crippen molar-refractivity contribution in [2.45, 2.75) is 84.2 Å². The summed E-state index contributed by atoms with van der Waals surface area (Å²) in [5.74, 6) is 0.760. The topological polar surface area (TPSA) is 0 Å². The Morgan fingerprint density at radius 3 is 1.86 bits per heavy atom. The van der Waals surface area contributed by atoms with Crippen molar-refractivity contribution < 1.29 is 0 Å². The zero-order chi connectivity index (χ0) is 15.5. The van der Waals surface area contributed by atoms with Gasteiger partial charge in [-0.3, -0.25) is 0 Å². The number of hydrogen-bond acceptors (Lipinski definition) is 0. The van der Waals surface area contributed by atoms with Crippen LogP contribution in [-0.4, -0.2) is 6.71 Å². The summed E-state index contributed by atoms with van der Waals surface area (Å²) >= 11 is 3.57. The molecule has 118 valence electrons. The summed E-state index contributed by atoms with van der Waals surface area (Å²) in [6.07, 6.45) is 12.2. The number of rotatable bonds is 11. The Morgan fingerprint density at radius 2 is 1.38 bits per heavy atom. The zero-order valence-electron chi connectivity index (χ0n) is 14.2. The van der Waals surface area contributed by atoms with Gasteiger partial charge in [0.25, 0.3) is 0 Å². The van der Waals surface area contributed by atoms with Gasteiger partial charge in [-0.15, -0.1) is 0 Å². The second kappa shape index (κ2) is 11.3. The summed E-state index contributed by atoms with van der Waals surface area (Å²) in [5, 5.41) is 0. The van der Waals surface area contributed by atoms with Crippen LogP contribution in [0.5, 0.6) is 0 Å². The van der Waals surface area contributed by atoms with Crippen LogP contribution in [0.25, 0.3) is 0 Å². The fraction of sp³-hybridized carbons (Fsp3) is 0.684. The molecule has 0 amide bonds. The third kappa shape index (κ3) is 7.04. The maximum atomic E-state index is 3.57. The van der Waals surface area contributed by atoms with Crippen LogP contribution in [0.15, 0.2) is 28.7 Å². The molecule has 0 aliphatic heterocycles. The van der Waals surface area contributed by atoms with E-state index in [1.165, 1.54) is 62.1 Å². The van der Waals surface area contributed by atoms with Crippen molar-refractivity contribution >= 4 is 22.6 Å². The third-order valence-corrected chi connectivity index (χ3v) is 5.12. The van der Waals surface area contributed by atoms with E-state index in [-0.39, 0.29) is 0 Å². The van der Waals surface area contributed by atoms with E-state index in [1.807, 2.05) is 0 Å². The molecule has 0 heterocycles. The first kappa shape index (κ1) is 18.8. The largest absolute Gasteiger partial charge is 0.148 e. The van der Waals surface area contributed by atoms with Crippen LogP contribution in [0.3, 0.4) is 0 Å². The van der Waals surface area contributed by atoms with E-state index >= 15 is 0 Å². The van der Waals surface area contributed by atoms with Gasteiger partial charge in [-0.05, 0) is 17.9 Å². The van der Waals surface area contributed by atoms with Crippen molar-refractivity contribution in [3.8, 4) is 0 Å². The normalized spacial score (nSPS) is 12.4. The Morgan fingerprint density at radius 1 is 0.857 bits per heavy atom. The summed E-state index contributed by atoms with van der Waals surface area (Å²) < 4.78 is 1.19. The van der Waals surface area contributed by atoms with E-state index < -0.39 is 0 Å². The van der Waals surface area contributed by atoms with Gasteiger partial charge in [0.15, 0.2) is 0 Å². The average Bonchev–Trinajstić information content (AvgIpc) is 2.50. The molecular weight excluding hydrogens is 319 g/mol. The molecular formula is C19H32BBr. The minimum Gasteiger partial charge on any atom is -0.0737 e. The first-order valence-corrected chi connectivity index (χ1v) is 9.77. The average molecular weight is 351 g/mol. The molecule has 1 aromatic carbocycles. The second-order valence-electron chi connectivity index (χ2n) is 6.34. The first-order chi connectivity index (χ1) is 10.2. The quantitative estimate of drug-likeness (QED) is 0.365. The smallest absolute Gasteiger partial charge is 0.0737 e. The number of unbranched alkanes of at least 4 members (excludes halogenated alkanes) is 3. The van der Waals surface area contributed by atoms with E-state index in [0.717, 1.165) is 12.5 Å². The van der Waals surface area contributed by atoms with Crippen molar-refractivity contribution in [3.63, 3.8) is 0 Å². The SMILES string of the molecule is CCCCB(CCCC)C(CCCC)c1ccc(Br)cc1. The molecule has 1 unspecified atom stereocenters. The molecule has 1 aromatic rings. The summed E-state index contributed by atoms with van der Waals surface area (Å²) in [6, 6.07) is 9.11. The molecule has 0 bridgehead atoms. The Labute approximate surface area is 141 Å². The van der Waals surface area contributed by atoms with Crippen molar-refractivity contribution in [2.75, 3.05) is 0 Å². The van der Waals surface area contributed by atoms with E-state index in [4.69, 9.17) is 0 Å². The maximum absolute atomic E-state index is 3.57. The molecule has 0 aliphatic carbocycles. The van der Waals surface area contributed by atoms with E-state index in [0.29, 0.717) is 0 Å². The summed E-state index contributed by atoms with van der Waals surface area (Å²) in [5.41, 5.74) is 1.56. The Kier molecular flexibility index (Phi) is 10.2. The first-order valence-electron chi connectivity index (χ1n) is 8.98. The summed E-state index contributed by atoms with van der Waals surface area (Å²) in [7, 11) is 0. The highest BCUT2D eigenvalue weighted by atomic mass is 79.9. The highest BCUT2D eigenvalue weighted by Crippen LogP contribution is 2.31. The molecule has 0 saturated heterocycles. The van der Waals surface area contributed by atoms with Crippen LogP contribution in [0, 0.1) is 0 Å². The summed E-state index contributed by atoms with van der Waals surface area (Å²) in [6.45, 7) is 7.82. The number of hydrogen-bond donors (Lipinski definition) is 0. The van der Waals surface area contributed by atoms with Gasteiger partial charge in [0.1, 0.15) is 6.71 Å². The maximum Gasteiger partial charge on any atom is 0.148 e. The van der Waals surface area contributed by atoms with E-state index in [9.17, 15) is 0 Å². The molecule has 0 radical (unpaired) electrons. The van der Waals surface area contributed by atoms with Crippen molar-refractivity contribution in [2.24, 2.45) is 0 Å². The van der Waals surface area contributed by atoms with Gasteiger partial charge < -0.3 is 0 Å². The van der Waals surface area contributed by atoms with E-state index in [1.54, 1.807) is 5.56 Å². The van der Waals surface area contributed by atoms with E-state index in [2.05, 4.69) is 61.0 Å². The fourth-order valence-corrected chi connectivity index (χ4v) is 3.55. The lowest BCUT2D eigenvalue weighted by Crippen LogP contribution is -2.24. The van der Waals surface area contributed by atoms with Crippen LogP contribution in [0.1, 0.15) is 77.1 Å². The zero-order valence-corrected chi connectivity index (χ0v) is 15.8. The Hall–Kier alpha value is -0.235. The van der Waals surface area contributed by atoms with Crippen LogP contribution < -0.4 is 0 Å². The van der Waals surface area contributed by atoms with Gasteiger partial charge in [0.2, 0.25) is 0 Å². The van der Waals surface area contributed by atoms with Crippen LogP contribution in [-0.2, 0) is 0 Å². The molecule has 0 aromatic heterocycles. The lowest BCUT2D eigenvalue weighted by atomic mass is 9.34. The van der Waals surface area contributed by atoms with Crippen LogP contribution >= 0.6 is 15.9 Å².